The Morgan fingerprint density at radius 2 is 2.27 bits per heavy atom. The van der Waals surface area contributed by atoms with Crippen molar-refractivity contribution in [2.24, 2.45) is 0 Å². The Kier molecular flexibility index (Phi) is 3.95. The Bertz CT molecular complexity index is 404. The summed E-state index contributed by atoms with van der Waals surface area (Å²) in [5.74, 6) is -0.207. The number of hydrogen-bond acceptors (Lipinski definition) is 3. The lowest BCUT2D eigenvalue weighted by Gasteiger charge is -2.08. The van der Waals surface area contributed by atoms with Crippen molar-refractivity contribution in [1.29, 1.82) is 5.26 Å². The van der Waals surface area contributed by atoms with E-state index in [9.17, 15) is 8.78 Å². The van der Waals surface area contributed by atoms with E-state index in [1.165, 1.54) is 6.07 Å². The quantitative estimate of drug-likeness (QED) is 0.812. The molecule has 0 atom stereocenters. The molecule has 0 aromatic carbocycles. The normalized spacial score (nSPS) is 10.4. The lowest BCUT2D eigenvalue weighted by molar-refractivity contribution is 0.144. The molecule has 1 rings (SSSR count). The minimum atomic E-state index is -2.81. The van der Waals surface area contributed by atoms with Crippen molar-refractivity contribution >= 4 is 11.6 Å². The predicted octanol–water partition coefficient (Wildman–Crippen LogP) is 2.12. The first-order valence-electron chi connectivity index (χ1n) is 4.01. The van der Waals surface area contributed by atoms with Gasteiger partial charge in [0.25, 0.3) is 6.43 Å². The van der Waals surface area contributed by atoms with E-state index in [2.05, 4.69) is 4.98 Å². The first-order valence-corrected chi connectivity index (χ1v) is 4.55. The summed E-state index contributed by atoms with van der Waals surface area (Å²) >= 11 is 5.47. The van der Waals surface area contributed by atoms with E-state index in [0.717, 1.165) is 0 Å². The Balaban J connectivity index is 3.41. The van der Waals surface area contributed by atoms with E-state index in [0.29, 0.717) is 0 Å². The second kappa shape index (κ2) is 5.01. The molecule has 0 radical (unpaired) electrons. The first-order chi connectivity index (χ1) is 7.13. The van der Waals surface area contributed by atoms with E-state index < -0.39 is 18.7 Å². The van der Waals surface area contributed by atoms with Gasteiger partial charge in [-0.1, -0.05) is 0 Å². The summed E-state index contributed by atoms with van der Waals surface area (Å²) in [4.78, 5) is 3.53. The molecule has 3 nitrogen and oxygen atoms in total. The molecule has 0 aliphatic rings. The van der Waals surface area contributed by atoms with E-state index in [1.807, 2.05) is 0 Å². The summed E-state index contributed by atoms with van der Waals surface area (Å²) in [7, 11) is 0. The maximum Gasteiger partial charge on any atom is 0.280 e. The van der Waals surface area contributed by atoms with Crippen LogP contribution in [-0.2, 0) is 12.5 Å². The van der Waals surface area contributed by atoms with Gasteiger partial charge in [0.05, 0.1) is 29.8 Å². The molecular formula is C9H7ClF2N2O. The van der Waals surface area contributed by atoms with Gasteiger partial charge in [0, 0.05) is 5.56 Å². The van der Waals surface area contributed by atoms with Gasteiger partial charge in [0.2, 0.25) is 0 Å². The lowest BCUT2D eigenvalue weighted by Crippen LogP contribution is -2.04. The van der Waals surface area contributed by atoms with Crippen LogP contribution in [0.3, 0.4) is 0 Å². The minimum absolute atomic E-state index is 0.0198. The van der Waals surface area contributed by atoms with Crippen LogP contribution >= 0.6 is 11.6 Å². The Morgan fingerprint density at radius 1 is 1.60 bits per heavy atom. The molecule has 0 unspecified atom stereocenters. The van der Waals surface area contributed by atoms with Crippen molar-refractivity contribution in [3.05, 3.63) is 28.6 Å². The van der Waals surface area contributed by atoms with Crippen molar-refractivity contribution in [3.8, 4) is 6.07 Å². The Morgan fingerprint density at radius 3 is 2.67 bits per heavy atom. The molecule has 0 aliphatic heterocycles. The summed E-state index contributed by atoms with van der Waals surface area (Å²) < 4.78 is 25.1. The third kappa shape index (κ3) is 2.41. The van der Waals surface area contributed by atoms with Crippen LogP contribution in [0.15, 0.2) is 6.07 Å². The van der Waals surface area contributed by atoms with Crippen molar-refractivity contribution < 1.29 is 13.9 Å². The number of rotatable bonds is 3. The molecule has 1 aromatic rings. The summed E-state index contributed by atoms with van der Waals surface area (Å²) in [6.07, 6.45) is -2.81. The number of hydrogen-bond donors (Lipinski definition) is 1. The van der Waals surface area contributed by atoms with Gasteiger partial charge in [-0.15, -0.1) is 11.6 Å². The average molecular weight is 233 g/mol. The molecule has 0 saturated heterocycles. The molecule has 1 aromatic heterocycles. The molecular weight excluding hydrogens is 226 g/mol. The maximum atomic E-state index is 12.5. The monoisotopic (exact) mass is 232 g/mol. The van der Waals surface area contributed by atoms with Crippen molar-refractivity contribution in [2.75, 3.05) is 0 Å². The molecule has 0 amide bonds. The smallest absolute Gasteiger partial charge is 0.280 e. The van der Waals surface area contributed by atoms with E-state index in [-0.39, 0.29) is 22.7 Å². The number of aliphatic hydroxyl groups is 1. The van der Waals surface area contributed by atoms with Gasteiger partial charge in [-0.2, -0.15) is 5.26 Å². The van der Waals surface area contributed by atoms with Gasteiger partial charge in [0.15, 0.2) is 0 Å². The number of nitrogens with zero attached hydrogens (tertiary/aromatic N) is 2. The van der Waals surface area contributed by atoms with Crippen LogP contribution in [0.25, 0.3) is 0 Å². The fourth-order valence-corrected chi connectivity index (χ4v) is 1.43. The molecule has 1 N–H and O–H groups in total. The van der Waals surface area contributed by atoms with Crippen molar-refractivity contribution in [3.63, 3.8) is 0 Å². The van der Waals surface area contributed by atoms with Gasteiger partial charge in [-0.3, -0.25) is 0 Å². The highest BCUT2D eigenvalue weighted by atomic mass is 35.5. The maximum absolute atomic E-state index is 12.5. The highest BCUT2D eigenvalue weighted by Crippen LogP contribution is 2.25. The second-order valence-electron chi connectivity index (χ2n) is 2.73. The molecule has 0 spiro atoms. The average Bonchev–Trinajstić information content (AvgIpc) is 2.26. The third-order valence-corrected chi connectivity index (χ3v) is 2.10. The molecule has 0 bridgehead atoms. The predicted molar refractivity (Wildman–Crippen MR) is 49.4 cm³/mol. The van der Waals surface area contributed by atoms with E-state index in [4.69, 9.17) is 22.0 Å². The Hall–Kier alpha value is -1.25. The summed E-state index contributed by atoms with van der Waals surface area (Å²) in [5.41, 5.74) is -0.450. The van der Waals surface area contributed by atoms with Crippen molar-refractivity contribution in [2.45, 2.75) is 18.9 Å². The zero-order chi connectivity index (χ0) is 11.4. The molecule has 0 aliphatic carbocycles. The summed E-state index contributed by atoms with van der Waals surface area (Å²) in [6.45, 7) is -0.489. The number of aromatic nitrogens is 1. The van der Waals surface area contributed by atoms with Crippen LogP contribution in [0.4, 0.5) is 8.78 Å². The lowest BCUT2D eigenvalue weighted by atomic mass is 10.1. The first kappa shape index (κ1) is 11.8. The van der Waals surface area contributed by atoms with Gasteiger partial charge in [-0.25, -0.2) is 13.8 Å². The van der Waals surface area contributed by atoms with Crippen LogP contribution < -0.4 is 0 Å². The van der Waals surface area contributed by atoms with Gasteiger partial charge in [-0.05, 0) is 6.07 Å². The van der Waals surface area contributed by atoms with Gasteiger partial charge in [0.1, 0.15) is 5.69 Å². The largest absolute Gasteiger partial charge is 0.390 e. The summed E-state index contributed by atoms with van der Waals surface area (Å²) in [6, 6.07) is 3.00. The molecule has 6 heteroatoms. The number of pyridine rings is 1. The number of alkyl halides is 3. The SMILES string of the molecule is N#Cc1cc(CO)nc(C(F)F)c1CCl. The summed E-state index contributed by atoms with van der Waals surface area (Å²) in [5, 5.41) is 17.5. The highest BCUT2D eigenvalue weighted by Gasteiger charge is 2.18. The third-order valence-electron chi connectivity index (χ3n) is 1.83. The standard InChI is InChI=1S/C9H7ClF2N2O/c10-2-7-5(3-13)1-6(4-15)14-8(7)9(11)12/h1,9,15H,2,4H2. The highest BCUT2D eigenvalue weighted by molar-refractivity contribution is 6.17. The molecule has 0 saturated carbocycles. The second-order valence-corrected chi connectivity index (χ2v) is 3.00. The molecule has 1 heterocycles. The van der Waals surface area contributed by atoms with Crippen LogP contribution in [0, 0.1) is 11.3 Å². The van der Waals surface area contributed by atoms with Crippen LogP contribution in [0.1, 0.15) is 28.9 Å². The van der Waals surface area contributed by atoms with Crippen molar-refractivity contribution in [1.82, 2.24) is 4.98 Å². The van der Waals surface area contributed by atoms with E-state index >= 15 is 0 Å². The van der Waals surface area contributed by atoms with Crippen LogP contribution in [0.2, 0.25) is 0 Å². The van der Waals surface area contributed by atoms with E-state index in [1.54, 1.807) is 6.07 Å². The molecule has 15 heavy (non-hydrogen) atoms. The number of halogens is 3. The Labute approximate surface area is 89.9 Å². The van der Waals surface area contributed by atoms with Crippen LogP contribution in [0.5, 0.6) is 0 Å². The molecule has 80 valence electrons. The fourth-order valence-electron chi connectivity index (χ4n) is 1.15. The van der Waals surface area contributed by atoms with Crippen LogP contribution in [-0.4, -0.2) is 10.1 Å². The zero-order valence-electron chi connectivity index (χ0n) is 7.54. The molecule has 0 fully saturated rings. The fraction of sp³-hybridized carbons (Fsp3) is 0.333. The number of aliphatic hydroxyl groups excluding tert-OH is 1. The zero-order valence-corrected chi connectivity index (χ0v) is 8.30. The topological polar surface area (TPSA) is 56.9 Å². The van der Waals surface area contributed by atoms with Gasteiger partial charge < -0.3 is 5.11 Å². The minimum Gasteiger partial charge on any atom is -0.390 e. The van der Waals surface area contributed by atoms with Gasteiger partial charge >= 0.3 is 0 Å². The number of nitriles is 1.